The maximum Gasteiger partial charge on any atom is 0.326 e. The summed E-state index contributed by atoms with van der Waals surface area (Å²) in [5, 5.41) is 22.6. The van der Waals surface area contributed by atoms with Gasteiger partial charge in [-0.3, -0.25) is 19.4 Å². The third-order valence-electron chi connectivity index (χ3n) is 4.01. The number of carboxylic acids is 2. The molecule has 13 heteroatoms. The quantitative estimate of drug-likeness (QED) is 0.255. The summed E-state index contributed by atoms with van der Waals surface area (Å²) in [6.07, 6.45) is -1.36. The molecule has 0 aliphatic rings. The van der Waals surface area contributed by atoms with Crippen LogP contribution in [0.5, 0.6) is 0 Å². The zero-order valence-corrected chi connectivity index (χ0v) is 16.2. The number of nitrogens with zero attached hydrogens (tertiary/aromatic N) is 3. The highest BCUT2D eigenvalue weighted by Gasteiger charge is 2.21. The summed E-state index contributed by atoms with van der Waals surface area (Å²) >= 11 is 0. The van der Waals surface area contributed by atoms with Gasteiger partial charge in [0, 0.05) is 17.7 Å². The Morgan fingerprint density at radius 3 is 2.62 bits per heavy atom. The van der Waals surface area contributed by atoms with Gasteiger partial charge in [-0.25, -0.2) is 14.8 Å². The molecule has 0 aliphatic carbocycles. The summed E-state index contributed by atoms with van der Waals surface area (Å²) in [5.74, 6) is -3.86. The Hall–Kier alpha value is -4.55. The number of aromatic nitrogens is 4. The minimum Gasteiger partial charge on any atom is -0.481 e. The minimum atomic E-state index is -1.55. The van der Waals surface area contributed by atoms with E-state index in [-0.39, 0.29) is 40.5 Å². The van der Waals surface area contributed by atoms with Crippen molar-refractivity contribution in [2.45, 2.75) is 25.4 Å². The number of carboxylic acid groups (broad SMARTS) is 2. The second kappa shape index (κ2) is 9.51. The minimum absolute atomic E-state index is 0.196. The number of benzene rings is 1. The molecule has 3 rings (SSSR count). The number of nitrogens with one attached hydrogen (secondary N) is 3. The lowest BCUT2D eigenvalue weighted by Crippen LogP contribution is -2.41. The van der Waals surface area contributed by atoms with E-state index < -0.39 is 60.6 Å². The number of hydrogen-bond donors (Lipinski definition) is 6. The summed E-state index contributed by atoms with van der Waals surface area (Å²) in [5.41, 5.74) is 3.49. The number of nitrogen functional groups attached to an aromatic ring is 1. The van der Waals surface area contributed by atoms with Gasteiger partial charge in [-0.05, 0) is 30.6 Å². The molecule has 1 unspecified atom stereocenters. The van der Waals surface area contributed by atoms with Crippen molar-refractivity contribution in [1.29, 1.82) is 0 Å². The number of nitrogens with two attached hydrogens (primary N) is 1. The van der Waals surface area contributed by atoms with E-state index in [1.54, 1.807) is 0 Å². The van der Waals surface area contributed by atoms with Crippen LogP contribution in [0.25, 0.3) is 11.2 Å². The number of amides is 1. The van der Waals surface area contributed by atoms with Crippen molar-refractivity contribution in [2.75, 3.05) is 11.1 Å². The Morgan fingerprint density at radius 1 is 1.25 bits per heavy atom. The summed E-state index contributed by atoms with van der Waals surface area (Å²) in [6, 6.07) is -0.278. The van der Waals surface area contributed by atoms with Gasteiger partial charge in [0.05, 0.1) is 23.9 Å². The third kappa shape index (κ3) is 5.53. The molecular formula is C19H19N7O6. The van der Waals surface area contributed by atoms with E-state index in [1.165, 1.54) is 0 Å². The number of aliphatic carboxylic acids is 2. The molecule has 7 N–H and O–H groups in total. The van der Waals surface area contributed by atoms with E-state index in [2.05, 4.69) is 30.6 Å². The second-order valence-corrected chi connectivity index (χ2v) is 6.34. The van der Waals surface area contributed by atoms with Gasteiger partial charge >= 0.3 is 11.9 Å². The molecule has 3 aromatic rings. The van der Waals surface area contributed by atoms with Crippen LogP contribution in [0, 0.1) is 0 Å². The van der Waals surface area contributed by atoms with Gasteiger partial charge in [-0.2, -0.15) is 4.98 Å². The van der Waals surface area contributed by atoms with Crippen molar-refractivity contribution < 1.29 is 30.1 Å². The van der Waals surface area contributed by atoms with Gasteiger partial charge in [0.15, 0.2) is 11.2 Å². The first kappa shape index (κ1) is 17.2. The molecular weight excluding hydrogens is 422 g/mol. The first-order valence-electron chi connectivity index (χ1n) is 11.0. The fraction of sp³-hybridized carbons (Fsp3) is 0.211. The van der Waals surface area contributed by atoms with E-state index in [0.29, 0.717) is 0 Å². The maximum atomic E-state index is 12.5. The number of rotatable bonds is 9. The molecule has 2 atom stereocenters. The number of carbonyl (C=O) groups excluding carboxylic acids is 1. The molecule has 0 aliphatic heterocycles. The fourth-order valence-electron chi connectivity index (χ4n) is 2.48. The van der Waals surface area contributed by atoms with Crippen LogP contribution in [0.1, 0.15) is 34.4 Å². The molecule has 0 saturated heterocycles. The molecule has 2 heterocycles. The van der Waals surface area contributed by atoms with Crippen molar-refractivity contribution in [3.63, 3.8) is 0 Å². The molecule has 13 nitrogen and oxygen atoms in total. The molecule has 0 radical (unpaired) electrons. The van der Waals surface area contributed by atoms with Crippen LogP contribution in [0.3, 0.4) is 0 Å². The number of H-pyrrole nitrogens is 1. The Labute approximate surface area is 185 Å². The largest absolute Gasteiger partial charge is 0.481 e. The Morgan fingerprint density at radius 2 is 1.97 bits per heavy atom. The van der Waals surface area contributed by atoms with E-state index >= 15 is 0 Å². The van der Waals surface area contributed by atoms with Crippen molar-refractivity contribution >= 4 is 40.6 Å². The van der Waals surface area contributed by atoms with Gasteiger partial charge in [-0.1, -0.05) is 0 Å². The van der Waals surface area contributed by atoms with Crippen LogP contribution in [0.4, 0.5) is 11.6 Å². The van der Waals surface area contributed by atoms with E-state index in [9.17, 15) is 24.3 Å². The van der Waals surface area contributed by atoms with Gasteiger partial charge in [0.2, 0.25) is 5.95 Å². The van der Waals surface area contributed by atoms with Crippen molar-refractivity contribution in [3.05, 3.63) is 52.0 Å². The van der Waals surface area contributed by atoms with Crippen LogP contribution in [-0.2, 0) is 16.1 Å². The first-order valence-corrected chi connectivity index (χ1v) is 8.97. The highest BCUT2D eigenvalue weighted by Crippen LogP contribution is 2.12. The van der Waals surface area contributed by atoms with Crippen LogP contribution >= 0.6 is 0 Å². The topological polar surface area (TPSA) is 213 Å². The lowest BCUT2D eigenvalue weighted by Gasteiger charge is -2.14. The Balaban J connectivity index is 1.84. The van der Waals surface area contributed by atoms with Crippen LogP contribution < -0.4 is 21.9 Å². The number of hydrogen-bond acceptors (Lipinski definition) is 9. The molecule has 1 aromatic carbocycles. The highest BCUT2D eigenvalue weighted by atomic mass is 16.4. The highest BCUT2D eigenvalue weighted by molar-refractivity contribution is 5.96. The number of carbonyl (C=O) groups is 3. The molecule has 32 heavy (non-hydrogen) atoms. The first-order chi connectivity index (χ1) is 16.9. The Bertz CT molecular complexity index is 1410. The van der Waals surface area contributed by atoms with Gasteiger partial charge < -0.3 is 26.6 Å². The smallest absolute Gasteiger partial charge is 0.326 e. The number of anilines is 2. The van der Waals surface area contributed by atoms with Crippen molar-refractivity contribution in [3.8, 4) is 0 Å². The SMILES string of the molecule is [3H]c1cc(C(=O)N[C@@H](CCC(=O)O)C(=O)O)cc([3H])c1NC([3H])c1nc2c(=O)[nH]c(N)nc2nc1[3H]. The normalized spacial score (nSPS) is 14.4. The Kier molecular flexibility index (Phi) is 5.10. The number of aromatic amines is 1. The second-order valence-electron chi connectivity index (χ2n) is 6.34. The standard InChI is InChI=1S/C19H19N7O6/c20-19-25-15-14(17(30)26-19)23-11(8-22-15)7-21-10-3-1-9(2-4-10)16(29)24-12(18(31)32)5-6-13(27)28/h1-4,8,12,21H,5-7H2,(H,24,29)(H,27,28)(H,31,32)(H3,20,22,25,26,30)/t12-/m0/s1/i3T,4T,7T,8T/t7?,12-. The van der Waals surface area contributed by atoms with Crippen molar-refractivity contribution in [2.24, 2.45) is 0 Å². The van der Waals surface area contributed by atoms with E-state index in [0.717, 1.165) is 12.1 Å². The molecule has 166 valence electrons. The van der Waals surface area contributed by atoms with Gasteiger partial charge in [0.1, 0.15) is 6.04 Å². The molecule has 1 amide bonds. The third-order valence-corrected chi connectivity index (χ3v) is 4.01. The summed E-state index contributed by atoms with van der Waals surface area (Å²) in [4.78, 5) is 60.3. The van der Waals surface area contributed by atoms with Crippen molar-refractivity contribution in [1.82, 2.24) is 25.3 Å². The zero-order chi connectivity index (χ0) is 26.7. The van der Waals surface area contributed by atoms with E-state index in [1.807, 2.05) is 0 Å². The van der Waals surface area contributed by atoms with Crippen LogP contribution in [0.2, 0.25) is 0 Å². The lowest BCUT2D eigenvalue weighted by atomic mass is 10.1. The lowest BCUT2D eigenvalue weighted by molar-refractivity contribution is -0.140. The monoisotopic (exact) mass is 449 g/mol. The summed E-state index contributed by atoms with van der Waals surface area (Å²) in [6.45, 7) is -1.55. The predicted octanol–water partition coefficient (Wildman–Crippen LogP) is -0.0448. The average molecular weight is 449 g/mol. The molecule has 0 fully saturated rings. The molecule has 2 aromatic heterocycles. The summed E-state index contributed by atoms with van der Waals surface area (Å²) < 4.78 is 32.6. The zero-order valence-electron chi connectivity index (χ0n) is 20.2. The average Bonchev–Trinajstić information content (AvgIpc) is 2.77. The van der Waals surface area contributed by atoms with Gasteiger partial charge in [-0.15, -0.1) is 0 Å². The predicted molar refractivity (Wildman–Crippen MR) is 112 cm³/mol. The molecule has 0 spiro atoms. The fourth-order valence-corrected chi connectivity index (χ4v) is 2.48. The van der Waals surface area contributed by atoms with Crippen LogP contribution in [-0.4, -0.2) is 54.0 Å². The van der Waals surface area contributed by atoms with Crippen LogP contribution in [0.15, 0.2) is 35.2 Å². The van der Waals surface area contributed by atoms with Gasteiger partial charge in [0.25, 0.3) is 11.5 Å². The number of fused-ring (bicyclic) bond motifs is 1. The maximum absolute atomic E-state index is 12.5. The molecule has 0 bridgehead atoms. The molecule has 0 saturated carbocycles. The summed E-state index contributed by atoms with van der Waals surface area (Å²) in [7, 11) is 0. The van der Waals surface area contributed by atoms with E-state index in [4.69, 9.17) is 16.3 Å².